The summed E-state index contributed by atoms with van der Waals surface area (Å²) in [6.45, 7) is 1.64. The van der Waals surface area contributed by atoms with Gasteiger partial charge in [-0.25, -0.2) is 8.42 Å². The molecular weight excluding hydrogens is 472 g/mol. The van der Waals surface area contributed by atoms with E-state index >= 15 is 0 Å². The first kappa shape index (κ1) is 25.6. The minimum Gasteiger partial charge on any atom is -0.489 e. The van der Waals surface area contributed by atoms with Crippen molar-refractivity contribution in [2.75, 3.05) is 20.0 Å². The van der Waals surface area contributed by atoms with E-state index in [1.165, 1.54) is 0 Å². The van der Waals surface area contributed by atoms with E-state index in [1.807, 2.05) is 0 Å². The standard InChI is InChI=1S/C15H21BrO4S.C7H14O2/c1-3-21(17,18)13-8-9-15(14(16)10-13)20-12-6-4-11(19-2)5-7-12;1-9-7-4-2-6(8)3-5-7/h8-12H,3-7H2,1-2H3;6-8H,2-5H2,1H3. The molecule has 0 heterocycles. The third-order valence-corrected chi connectivity index (χ3v) is 8.22. The number of rotatable bonds is 6. The molecule has 0 spiro atoms. The highest BCUT2D eigenvalue weighted by molar-refractivity contribution is 9.10. The summed E-state index contributed by atoms with van der Waals surface area (Å²) >= 11 is 3.41. The van der Waals surface area contributed by atoms with Crippen LogP contribution in [0.25, 0.3) is 0 Å². The van der Waals surface area contributed by atoms with Crippen molar-refractivity contribution in [2.45, 2.75) is 87.6 Å². The molecule has 2 fully saturated rings. The molecule has 1 aromatic carbocycles. The van der Waals surface area contributed by atoms with Gasteiger partial charge in [0.05, 0.1) is 39.5 Å². The third-order valence-electron chi connectivity index (χ3n) is 5.87. The van der Waals surface area contributed by atoms with Gasteiger partial charge in [-0.3, -0.25) is 0 Å². The van der Waals surface area contributed by atoms with Crippen LogP contribution < -0.4 is 4.74 Å². The Hall–Kier alpha value is -0.670. The van der Waals surface area contributed by atoms with Crippen LogP contribution in [0.15, 0.2) is 27.6 Å². The zero-order valence-corrected chi connectivity index (χ0v) is 20.6. The molecule has 0 aromatic heterocycles. The average Bonchev–Trinajstić information content (AvgIpc) is 2.76. The monoisotopic (exact) mass is 506 g/mol. The second-order valence-corrected chi connectivity index (χ2v) is 11.0. The Labute approximate surface area is 189 Å². The Kier molecular flexibility index (Phi) is 10.6. The molecule has 0 aliphatic heterocycles. The van der Waals surface area contributed by atoms with Gasteiger partial charge in [-0.15, -0.1) is 0 Å². The van der Waals surface area contributed by atoms with E-state index in [0.717, 1.165) is 51.4 Å². The van der Waals surface area contributed by atoms with Crippen molar-refractivity contribution in [1.82, 2.24) is 0 Å². The van der Waals surface area contributed by atoms with E-state index in [-0.39, 0.29) is 18.0 Å². The number of aliphatic hydroxyl groups is 1. The highest BCUT2D eigenvalue weighted by atomic mass is 79.9. The summed E-state index contributed by atoms with van der Waals surface area (Å²) in [5, 5.41) is 9.07. The third kappa shape index (κ3) is 7.79. The van der Waals surface area contributed by atoms with Crippen molar-refractivity contribution in [3.63, 3.8) is 0 Å². The second kappa shape index (κ2) is 12.4. The number of ether oxygens (including phenoxy) is 3. The van der Waals surface area contributed by atoms with Crippen molar-refractivity contribution in [1.29, 1.82) is 0 Å². The first-order valence-electron chi connectivity index (χ1n) is 10.7. The maximum absolute atomic E-state index is 11.8. The van der Waals surface area contributed by atoms with Crippen molar-refractivity contribution in [3.05, 3.63) is 22.7 Å². The molecule has 172 valence electrons. The quantitative estimate of drug-likeness (QED) is 0.610. The summed E-state index contributed by atoms with van der Waals surface area (Å²) in [5.41, 5.74) is 0. The molecule has 0 radical (unpaired) electrons. The molecule has 2 saturated carbocycles. The van der Waals surface area contributed by atoms with Crippen LogP contribution in [0.2, 0.25) is 0 Å². The van der Waals surface area contributed by atoms with E-state index in [2.05, 4.69) is 15.9 Å². The Balaban J connectivity index is 0.000000297. The lowest BCUT2D eigenvalue weighted by molar-refractivity contribution is 0.0244. The smallest absolute Gasteiger partial charge is 0.178 e. The fourth-order valence-corrected chi connectivity index (χ4v) is 5.31. The molecule has 0 saturated heterocycles. The van der Waals surface area contributed by atoms with E-state index in [4.69, 9.17) is 19.3 Å². The lowest BCUT2D eigenvalue weighted by Gasteiger charge is -2.28. The van der Waals surface area contributed by atoms with Gasteiger partial charge in [0.2, 0.25) is 0 Å². The number of benzene rings is 1. The maximum Gasteiger partial charge on any atom is 0.178 e. The van der Waals surface area contributed by atoms with Gasteiger partial charge in [0, 0.05) is 14.2 Å². The van der Waals surface area contributed by atoms with Gasteiger partial charge in [-0.1, -0.05) is 6.92 Å². The van der Waals surface area contributed by atoms with Crippen molar-refractivity contribution < 1.29 is 27.7 Å². The van der Waals surface area contributed by atoms with E-state index in [1.54, 1.807) is 39.3 Å². The number of hydrogen-bond donors (Lipinski definition) is 1. The Bertz CT molecular complexity index is 738. The van der Waals surface area contributed by atoms with Crippen LogP contribution in [0.3, 0.4) is 0 Å². The van der Waals surface area contributed by atoms with E-state index in [0.29, 0.717) is 27.3 Å². The average molecular weight is 507 g/mol. The van der Waals surface area contributed by atoms with Gasteiger partial charge >= 0.3 is 0 Å². The van der Waals surface area contributed by atoms with E-state index in [9.17, 15) is 8.42 Å². The predicted molar refractivity (Wildman–Crippen MR) is 121 cm³/mol. The van der Waals surface area contributed by atoms with Gasteiger partial charge in [0.25, 0.3) is 0 Å². The van der Waals surface area contributed by atoms with Crippen LogP contribution in [-0.4, -0.2) is 57.9 Å². The molecular formula is C22H35BrO6S. The zero-order valence-electron chi connectivity index (χ0n) is 18.2. The Morgan fingerprint density at radius 2 is 1.43 bits per heavy atom. The van der Waals surface area contributed by atoms with Crippen LogP contribution in [0, 0.1) is 0 Å². The van der Waals surface area contributed by atoms with Crippen LogP contribution >= 0.6 is 15.9 Å². The largest absolute Gasteiger partial charge is 0.489 e. The molecule has 1 N–H and O–H groups in total. The fourth-order valence-electron chi connectivity index (χ4n) is 3.78. The number of hydrogen-bond acceptors (Lipinski definition) is 6. The van der Waals surface area contributed by atoms with Gasteiger partial charge in [0.15, 0.2) is 9.84 Å². The SMILES string of the molecule is CCS(=O)(=O)c1ccc(OC2CCC(OC)CC2)c(Br)c1.COC1CCC(O)CC1. The number of aliphatic hydroxyl groups excluding tert-OH is 1. The normalized spacial score (nSPS) is 27.1. The summed E-state index contributed by atoms with van der Waals surface area (Å²) in [6.07, 6.45) is 8.66. The summed E-state index contributed by atoms with van der Waals surface area (Å²) in [5.74, 6) is 0.798. The zero-order chi connectivity index (χ0) is 22.1. The predicted octanol–water partition coefficient (Wildman–Crippen LogP) is 4.52. The number of methoxy groups -OCH3 is 2. The number of halogens is 1. The molecule has 3 rings (SSSR count). The van der Waals surface area contributed by atoms with Crippen molar-refractivity contribution in [3.8, 4) is 5.75 Å². The highest BCUT2D eigenvalue weighted by Gasteiger charge is 2.23. The summed E-state index contributed by atoms with van der Waals surface area (Å²) in [6, 6.07) is 4.96. The lowest BCUT2D eigenvalue weighted by Crippen LogP contribution is -2.27. The molecule has 0 amide bonds. The molecule has 0 bridgehead atoms. The molecule has 2 aliphatic carbocycles. The maximum atomic E-state index is 11.8. The first-order chi connectivity index (χ1) is 14.3. The fraction of sp³-hybridized carbons (Fsp3) is 0.727. The van der Waals surface area contributed by atoms with Gasteiger partial charge in [-0.2, -0.15) is 0 Å². The summed E-state index contributed by atoms with van der Waals surface area (Å²) in [4.78, 5) is 0.326. The highest BCUT2D eigenvalue weighted by Crippen LogP contribution is 2.32. The van der Waals surface area contributed by atoms with Crippen LogP contribution in [0.4, 0.5) is 0 Å². The molecule has 1 aromatic rings. The topological polar surface area (TPSA) is 82.1 Å². The molecule has 8 heteroatoms. The van der Waals surface area contributed by atoms with Crippen molar-refractivity contribution >= 4 is 25.8 Å². The summed E-state index contributed by atoms with van der Waals surface area (Å²) in [7, 11) is 0.301. The first-order valence-corrected chi connectivity index (χ1v) is 13.2. The summed E-state index contributed by atoms with van der Waals surface area (Å²) < 4.78 is 40.8. The second-order valence-electron chi connectivity index (χ2n) is 7.91. The van der Waals surface area contributed by atoms with Crippen LogP contribution in [0.5, 0.6) is 5.75 Å². The Morgan fingerprint density at radius 3 is 1.90 bits per heavy atom. The van der Waals surface area contributed by atoms with Gasteiger partial charge < -0.3 is 19.3 Å². The van der Waals surface area contributed by atoms with Crippen LogP contribution in [-0.2, 0) is 19.3 Å². The van der Waals surface area contributed by atoms with Crippen molar-refractivity contribution in [2.24, 2.45) is 0 Å². The number of sulfone groups is 1. The molecule has 2 aliphatic rings. The minimum atomic E-state index is -3.18. The van der Waals surface area contributed by atoms with E-state index < -0.39 is 9.84 Å². The van der Waals surface area contributed by atoms with Crippen LogP contribution in [0.1, 0.15) is 58.3 Å². The van der Waals surface area contributed by atoms with Gasteiger partial charge in [-0.05, 0) is 85.5 Å². The Morgan fingerprint density at radius 1 is 0.933 bits per heavy atom. The molecule has 0 unspecified atom stereocenters. The molecule has 0 atom stereocenters. The minimum absolute atomic E-state index is 0.0589. The lowest BCUT2D eigenvalue weighted by atomic mass is 9.95. The van der Waals surface area contributed by atoms with Gasteiger partial charge in [0.1, 0.15) is 5.75 Å². The molecule has 30 heavy (non-hydrogen) atoms. The molecule has 6 nitrogen and oxygen atoms in total.